The molecule has 1 aromatic carbocycles. The van der Waals surface area contributed by atoms with Crippen LogP contribution in [0.5, 0.6) is 0 Å². The molecule has 0 atom stereocenters. The van der Waals surface area contributed by atoms with Crippen LogP contribution < -0.4 is 5.32 Å². The maximum absolute atomic E-state index is 12.9. The van der Waals surface area contributed by atoms with Gasteiger partial charge in [-0.15, -0.1) is 0 Å². The minimum atomic E-state index is -0.125. The second kappa shape index (κ2) is 8.43. The lowest BCUT2D eigenvalue weighted by Crippen LogP contribution is -2.30. The fourth-order valence-electron chi connectivity index (χ4n) is 3.69. The number of aryl methyl sites for hydroxylation is 1. The molecule has 0 spiro atoms. The molecule has 4 rings (SSSR count). The molecule has 1 N–H and O–H groups in total. The molecule has 0 aliphatic carbocycles. The highest BCUT2D eigenvalue weighted by Crippen LogP contribution is 2.24. The van der Waals surface area contributed by atoms with Crippen LogP contribution in [-0.2, 0) is 11.3 Å². The van der Waals surface area contributed by atoms with Gasteiger partial charge in [-0.2, -0.15) is 5.10 Å². The second-order valence-corrected chi connectivity index (χ2v) is 7.25. The number of hydrogen-bond donors (Lipinski definition) is 1. The van der Waals surface area contributed by atoms with E-state index in [1.54, 1.807) is 6.20 Å². The van der Waals surface area contributed by atoms with E-state index in [2.05, 4.69) is 10.4 Å². The van der Waals surface area contributed by atoms with Crippen molar-refractivity contribution in [2.24, 2.45) is 0 Å². The van der Waals surface area contributed by atoms with Gasteiger partial charge in [0, 0.05) is 49.7 Å². The molecule has 150 valence electrons. The van der Waals surface area contributed by atoms with Gasteiger partial charge in [-0.1, -0.05) is 18.2 Å². The van der Waals surface area contributed by atoms with E-state index in [1.807, 2.05) is 53.0 Å². The standard InChI is InChI=1S/C22H25N5O2/c1-2-27-15-16(14-24-27)20-13-18(17-7-3-4-8-19(17)25-20)22(29)23-10-6-12-26-11-5-9-21(26)28/h3-4,7-8,13-15H,2,5-6,9-12H2,1H3,(H,23,29). The SMILES string of the molecule is CCn1cc(-c2cc(C(=O)NCCCN3CCCC3=O)c3ccccc3n2)cn1. The number of fused-ring (bicyclic) bond motifs is 1. The quantitative estimate of drug-likeness (QED) is 0.628. The van der Waals surface area contributed by atoms with Gasteiger partial charge in [0.25, 0.3) is 5.91 Å². The van der Waals surface area contributed by atoms with Gasteiger partial charge in [-0.05, 0) is 31.9 Å². The second-order valence-electron chi connectivity index (χ2n) is 7.25. The molecule has 1 aliphatic rings. The zero-order valence-corrected chi connectivity index (χ0v) is 16.6. The Labute approximate surface area is 169 Å². The van der Waals surface area contributed by atoms with Crippen molar-refractivity contribution < 1.29 is 9.59 Å². The number of nitrogens with one attached hydrogen (secondary N) is 1. The third kappa shape index (κ3) is 4.13. The first-order chi connectivity index (χ1) is 14.2. The molecule has 29 heavy (non-hydrogen) atoms. The molecule has 1 fully saturated rings. The number of hydrogen-bond acceptors (Lipinski definition) is 4. The first-order valence-corrected chi connectivity index (χ1v) is 10.1. The van der Waals surface area contributed by atoms with Crippen molar-refractivity contribution in [1.29, 1.82) is 0 Å². The summed E-state index contributed by atoms with van der Waals surface area (Å²) in [6.45, 7) is 4.86. The highest BCUT2D eigenvalue weighted by atomic mass is 16.2. The van der Waals surface area contributed by atoms with Crippen LogP contribution in [0.3, 0.4) is 0 Å². The van der Waals surface area contributed by atoms with Crippen LogP contribution in [0.15, 0.2) is 42.7 Å². The van der Waals surface area contributed by atoms with Gasteiger partial charge in [0.15, 0.2) is 0 Å². The molecular formula is C22H25N5O2. The van der Waals surface area contributed by atoms with Crippen molar-refractivity contribution >= 4 is 22.7 Å². The lowest BCUT2D eigenvalue weighted by atomic mass is 10.0. The van der Waals surface area contributed by atoms with Crippen molar-refractivity contribution in [3.63, 3.8) is 0 Å². The summed E-state index contributed by atoms with van der Waals surface area (Å²) >= 11 is 0. The number of likely N-dealkylation sites (tertiary alicyclic amines) is 1. The van der Waals surface area contributed by atoms with E-state index >= 15 is 0 Å². The van der Waals surface area contributed by atoms with Crippen molar-refractivity contribution in [2.45, 2.75) is 32.7 Å². The van der Waals surface area contributed by atoms with E-state index in [4.69, 9.17) is 4.98 Å². The fourth-order valence-corrected chi connectivity index (χ4v) is 3.69. The Morgan fingerprint density at radius 1 is 1.28 bits per heavy atom. The zero-order valence-electron chi connectivity index (χ0n) is 16.6. The maximum atomic E-state index is 12.9. The third-order valence-corrected chi connectivity index (χ3v) is 5.28. The van der Waals surface area contributed by atoms with Crippen molar-refractivity contribution in [3.8, 4) is 11.3 Å². The Bertz CT molecular complexity index is 1040. The molecule has 2 amide bonds. The molecule has 2 aromatic heterocycles. The minimum absolute atomic E-state index is 0.125. The van der Waals surface area contributed by atoms with Crippen LogP contribution >= 0.6 is 0 Å². The van der Waals surface area contributed by atoms with Crippen LogP contribution in [0.4, 0.5) is 0 Å². The van der Waals surface area contributed by atoms with E-state index in [0.29, 0.717) is 25.1 Å². The molecule has 3 aromatic rings. The van der Waals surface area contributed by atoms with E-state index < -0.39 is 0 Å². The molecule has 3 heterocycles. The topological polar surface area (TPSA) is 80.1 Å². The van der Waals surface area contributed by atoms with E-state index in [-0.39, 0.29) is 11.8 Å². The van der Waals surface area contributed by atoms with Crippen molar-refractivity contribution in [1.82, 2.24) is 25.0 Å². The lowest BCUT2D eigenvalue weighted by Gasteiger charge is -2.15. The molecular weight excluding hydrogens is 366 g/mol. The number of pyridine rings is 1. The smallest absolute Gasteiger partial charge is 0.252 e. The maximum Gasteiger partial charge on any atom is 0.252 e. The highest BCUT2D eigenvalue weighted by molar-refractivity contribution is 6.07. The Morgan fingerprint density at radius 2 is 2.14 bits per heavy atom. The lowest BCUT2D eigenvalue weighted by molar-refractivity contribution is -0.127. The van der Waals surface area contributed by atoms with Crippen molar-refractivity contribution in [3.05, 3.63) is 48.3 Å². The summed E-state index contributed by atoms with van der Waals surface area (Å²) in [4.78, 5) is 31.2. The van der Waals surface area contributed by atoms with E-state index in [1.165, 1.54) is 0 Å². The number of nitrogens with zero attached hydrogens (tertiary/aromatic N) is 4. The number of rotatable bonds is 7. The van der Waals surface area contributed by atoms with Crippen LogP contribution in [0.25, 0.3) is 22.2 Å². The molecule has 1 aliphatic heterocycles. The van der Waals surface area contributed by atoms with Crippen LogP contribution in [-0.4, -0.2) is 51.1 Å². The minimum Gasteiger partial charge on any atom is -0.352 e. The van der Waals surface area contributed by atoms with E-state index in [0.717, 1.165) is 48.1 Å². The van der Waals surface area contributed by atoms with Gasteiger partial charge in [-0.25, -0.2) is 4.98 Å². The number of aromatic nitrogens is 3. The van der Waals surface area contributed by atoms with Gasteiger partial charge in [0.1, 0.15) is 0 Å². The summed E-state index contributed by atoms with van der Waals surface area (Å²) in [6.07, 6.45) is 6.04. The van der Waals surface area contributed by atoms with Crippen molar-refractivity contribution in [2.75, 3.05) is 19.6 Å². The number of carbonyl (C=O) groups excluding carboxylic acids is 2. The van der Waals surface area contributed by atoms with Gasteiger partial charge in [-0.3, -0.25) is 14.3 Å². The Hall–Kier alpha value is -3.22. The molecule has 0 saturated carbocycles. The zero-order chi connectivity index (χ0) is 20.2. The Balaban J connectivity index is 1.51. The van der Waals surface area contributed by atoms with Gasteiger partial charge < -0.3 is 10.2 Å². The first kappa shape index (κ1) is 19.1. The molecule has 0 radical (unpaired) electrons. The monoisotopic (exact) mass is 391 g/mol. The average Bonchev–Trinajstić information content (AvgIpc) is 3.39. The largest absolute Gasteiger partial charge is 0.352 e. The van der Waals surface area contributed by atoms with Crippen LogP contribution in [0.1, 0.15) is 36.5 Å². The predicted octanol–water partition coefficient (Wildman–Crippen LogP) is 2.86. The summed E-state index contributed by atoms with van der Waals surface area (Å²) in [5.41, 5.74) is 3.00. The number of para-hydroxylation sites is 1. The highest BCUT2D eigenvalue weighted by Gasteiger charge is 2.19. The third-order valence-electron chi connectivity index (χ3n) is 5.28. The van der Waals surface area contributed by atoms with Gasteiger partial charge in [0.05, 0.1) is 23.0 Å². The summed E-state index contributed by atoms with van der Waals surface area (Å²) in [6, 6.07) is 9.49. The van der Waals surface area contributed by atoms with Crippen LogP contribution in [0, 0.1) is 0 Å². The van der Waals surface area contributed by atoms with Gasteiger partial charge >= 0.3 is 0 Å². The first-order valence-electron chi connectivity index (χ1n) is 10.1. The molecule has 0 unspecified atom stereocenters. The normalized spacial score (nSPS) is 14.0. The predicted molar refractivity (Wildman–Crippen MR) is 111 cm³/mol. The average molecular weight is 391 g/mol. The molecule has 7 nitrogen and oxygen atoms in total. The summed E-state index contributed by atoms with van der Waals surface area (Å²) in [5, 5.41) is 8.14. The summed E-state index contributed by atoms with van der Waals surface area (Å²) in [5.74, 6) is 0.0919. The summed E-state index contributed by atoms with van der Waals surface area (Å²) in [7, 11) is 0. The Kier molecular flexibility index (Phi) is 5.55. The fraction of sp³-hybridized carbons (Fsp3) is 0.364. The van der Waals surface area contributed by atoms with E-state index in [9.17, 15) is 9.59 Å². The molecule has 7 heteroatoms. The van der Waals surface area contributed by atoms with Crippen LogP contribution in [0.2, 0.25) is 0 Å². The molecule has 1 saturated heterocycles. The summed E-state index contributed by atoms with van der Waals surface area (Å²) < 4.78 is 1.84. The number of amides is 2. The Morgan fingerprint density at radius 3 is 2.90 bits per heavy atom. The number of benzene rings is 1. The van der Waals surface area contributed by atoms with Gasteiger partial charge in [0.2, 0.25) is 5.91 Å². The number of carbonyl (C=O) groups is 2. The molecule has 0 bridgehead atoms.